The van der Waals surface area contributed by atoms with Gasteiger partial charge in [-0.25, -0.2) is 0 Å². The number of anilines is 1. The molecule has 1 atom stereocenters. The molecule has 1 heterocycles. The Balaban J connectivity index is 2.02. The summed E-state index contributed by atoms with van der Waals surface area (Å²) in [7, 11) is 0. The molecule has 0 saturated heterocycles. The Morgan fingerprint density at radius 2 is 2.04 bits per heavy atom. The molecule has 2 aromatic rings. The molecule has 1 N–H and O–H groups in total. The highest BCUT2D eigenvalue weighted by Gasteiger charge is 2.11. The van der Waals surface area contributed by atoms with Gasteiger partial charge in [-0.05, 0) is 51.5 Å². The highest BCUT2D eigenvalue weighted by molar-refractivity contribution is 5.92. The molecule has 0 fully saturated rings. The van der Waals surface area contributed by atoms with E-state index in [1.54, 1.807) is 12.3 Å². The summed E-state index contributed by atoms with van der Waals surface area (Å²) >= 11 is 0. The summed E-state index contributed by atoms with van der Waals surface area (Å²) in [6.07, 6.45) is 3.91. The Hall–Kier alpha value is -2.21. The number of nitrogens with zero attached hydrogens (tertiary/aromatic N) is 3. The van der Waals surface area contributed by atoms with Crippen LogP contribution in [-0.2, 0) is 0 Å². The molecule has 0 amide bonds. The summed E-state index contributed by atoms with van der Waals surface area (Å²) in [5, 5.41) is 15.3. The number of rotatable bonds is 9. The Labute approximate surface area is 143 Å². The number of non-ortho nitro benzene ring substituents is 1. The zero-order chi connectivity index (χ0) is 17.5. The maximum atomic E-state index is 10.9. The lowest BCUT2D eigenvalue weighted by Gasteiger charge is -2.20. The van der Waals surface area contributed by atoms with Crippen LogP contribution in [0.25, 0.3) is 10.9 Å². The molecule has 0 bridgehead atoms. The van der Waals surface area contributed by atoms with Crippen LogP contribution < -0.4 is 5.32 Å². The first kappa shape index (κ1) is 18.1. The van der Waals surface area contributed by atoms with Gasteiger partial charge in [0.25, 0.3) is 5.69 Å². The van der Waals surface area contributed by atoms with Gasteiger partial charge >= 0.3 is 0 Å². The molecule has 0 aliphatic carbocycles. The topological polar surface area (TPSA) is 71.3 Å². The Kier molecular flexibility index (Phi) is 6.49. The largest absolute Gasteiger partial charge is 0.382 e. The minimum absolute atomic E-state index is 0.0689. The van der Waals surface area contributed by atoms with E-state index in [-0.39, 0.29) is 5.69 Å². The van der Waals surface area contributed by atoms with E-state index < -0.39 is 4.92 Å². The molecule has 0 aliphatic rings. The smallest absolute Gasteiger partial charge is 0.271 e. The lowest BCUT2D eigenvalue weighted by Crippen LogP contribution is -2.25. The van der Waals surface area contributed by atoms with Crippen LogP contribution in [0.1, 0.15) is 33.6 Å². The summed E-state index contributed by atoms with van der Waals surface area (Å²) in [4.78, 5) is 17.2. The molecular weight excluding hydrogens is 304 g/mol. The lowest BCUT2D eigenvalue weighted by molar-refractivity contribution is -0.384. The van der Waals surface area contributed by atoms with Crippen LogP contribution in [-0.4, -0.2) is 40.5 Å². The van der Waals surface area contributed by atoms with E-state index in [0.717, 1.165) is 43.5 Å². The Bertz CT molecular complexity index is 686. The molecule has 0 saturated carbocycles. The molecule has 0 radical (unpaired) electrons. The van der Waals surface area contributed by atoms with Crippen molar-refractivity contribution in [2.24, 2.45) is 0 Å². The first-order valence-electron chi connectivity index (χ1n) is 8.57. The monoisotopic (exact) mass is 330 g/mol. The van der Waals surface area contributed by atoms with Crippen molar-refractivity contribution in [1.82, 2.24) is 9.88 Å². The first-order chi connectivity index (χ1) is 11.5. The van der Waals surface area contributed by atoms with Gasteiger partial charge in [0.15, 0.2) is 0 Å². The van der Waals surface area contributed by atoms with Crippen molar-refractivity contribution in [1.29, 1.82) is 0 Å². The van der Waals surface area contributed by atoms with Crippen molar-refractivity contribution < 1.29 is 4.92 Å². The summed E-state index contributed by atoms with van der Waals surface area (Å²) in [5.41, 5.74) is 1.69. The van der Waals surface area contributed by atoms with Crippen molar-refractivity contribution in [3.63, 3.8) is 0 Å². The number of nitro groups is 1. The molecular formula is C18H26N4O2. The minimum Gasteiger partial charge on any atom is -0.382 e. The number of nitro benzene ring substituents is 1. The van der Waals surface area contributed by atoms with E-state index in [9.17, 15) is 10.1 Å². The second-order valence-electron chi connectivity index (χ2n) is 6.03. The average Bonchev–Trinajstić information content (AvgIpc) is 2.58. The maximum absolute atomic E-state index is 10.9. The van der Waals surface area contributed by atoms with Gasteiger partial charge in [-0.15, -0.1) is 0 Å². The number of benzene rings is 1. The standard InChI is InChI=1S/C18H26N4O2/c1-4-21(5-2)12-6-7-14(3)20-17-10-11-19-18-13-15(22(23)24)8-9-16(17)18/h8-11,13-14H,4-7,12H2,1-3H3,(H,19,20)/t14-/m1/s1. The van der Waals surface area contributed by atoms with Gasteiger partial charge < -0.3 is 10.2 Å². The third-order valence-corrected chi connectivity index (χ3v) is 4.34. The third-order valence-electron chi connectivity index (χ3n) is 4.34. The van der Waals surface area contributed by atoms with E-state index in [1.807, 2.05) is 6.07 Å². The van der Waals surface area contributed by atoms with E-state index in [2.05, 4.69) is 36.0 Å². The Morgan fingerprint density at radius 1 is 1.29 bits per heavy atom. The number of fused-ring (bicyclic) bond motifs is 1. The van der Waals surface area contributed by atoms with Crippen LogP contribution >= 0.6 is 0 Å². The summed E-state index contributed by atoms with van der Waals surface area (Å²) < 4.78 is 0. The molecule has 6 nitrogen and oxygen atoms in total. The van der Waals surface area contributed by atoms with Crippen LogP contribution in [0.4, 0.5) is 11.4 Å². The van der Waals surface area contributed by atoms with Crippen molar-refractivity contribution in [3.8, 4) is 0 Å². The van der Waals surface area contributed by atoms with Crippen molar-refractivity contribution in [2.75, 3.05) is 25.0 Å². The van der Waals surface area contributed by atoms with Crippen molar-refractivity contribution in [2.45, 2.75) is 39.7 Å². The molecule has 0 unspecified atom stereocenters. The summed E-state index contributed by atoms with van der Waals surface area (Å²) in [5.74, 6) is 0. The highest BCUT2D eigenvalue weighted by atomic mass is 16.6. The second kappa shape index (κ2) is 8.59. The number of nitrogens with one attached hydrogen (secondary N) is 1. The van der Waals surface area contributed by atoms with Crippen LogP contribution in [0.2, 0.25) is 0 Å². The number of hydrogen-bond donors (Lipinski definition) is 1. The molecule has 130 valence electrons. The molecule has 2 rings (SSSR count). The zero-order valence-corrected chi connectivity index (χ0v) is 14.7. The van der Waals surface area contributed by atoms with Gasteiger partial charge in [0.1, 0.15) is 0 Å². The second-order valence-corrected chi connectivity index (χ2v) is 6.03. The SMILES string of the molecule is CCN(CC)CCC[C@@H](C)Nc1ccnc2cc([N+](=O)[O-])ccc12. The van der Waals surface area contributed by atoms with Gasteiger partial charge in [-0.3, -0.25) is 15.1 Å². The molecule has 0 aliphatic heterocycles. The first-order valence-corrected chi connectivity index (χ1v) is 8.57. The molecule has 1 aromatic heterocycles. The number of aromatic nitrogens is 1. The highest BCUT2D eigenvalue weighted by Crippen LogP contribution is 2.26. The van der Waals surface area contributed by atoms with E-state index >= 15 is 0 Å². The van der Waals surface area contributed by atoms with Crippen LogP contribution in [0.5, 0.6) is 0 Å². The zero-order valence-electron chi connectivity index (χ0n) is 14.7. The van der Waals surface area contributed by atoms with Gasteiger partial charge in [-0.1, -0.05) is 13.8 Å². The normalized spacial score (nSPS) is 12.5. The van der Waals surface area contributed by atoms with E-state index in [4.69, 9.17) is 0 Å². The third kappa shape index (κ3) is 4.64. The fraction of sp³-hybridized carbons (Fsp3) is 0.500. The predicted molar refractivity (Wildman–Crippen MR) is 98.5 cm³/mol. The van der Waals surface area contributed by atoms with E-state index in [0.29, 0.717) is 11.6 Å². The molecule has 24 heavy (non-hydrogen) atoms. The van der Waals surface area contributed by atoms with Gasteiger partial charge in [0.2, 0.25) is 0 Å². The number of hydrogen-bond acceptors (Lipinski definition) is 5. The van der Waals surface area contributed by atoms with Crippen molar-refractivity contribution in [3.05, 3.63) is 40.6 Å². The van der Waals surface area contributed by atoms with Gasteiger partial charge in [-0.2, -0.15) is 0 Å². The summed E-state index contributed by atoms with van der Waals surface area (Å²) in [6.45, 7) is 9.83. The maximum Gasteiger partial charge on any atom is 0.271 e. The van der Waals surface area contributed by atoms with Crippen molar-refractivity contribution >= 4 is 22.3 Å². The quantitative estimate of drug-likeness (QED) is 0.554. The van der Waals surface area contributed by atoms with Crippen LogP contribution in [0, 0.1) is 10.1 Å². The fourth-order valence-electron chi connectivity index (χ4n) is 2.87. The minimum atomic E-state index is -0.392. The van der Waals surface area contributed by atoms with E-state index in [1.165, 1.54) is 12.1 Å². The van der Waals surface area contributed by atoms with Gasteiger partial charge in [0.05, 0.1) is 10.4 Å². The lowest BCUT2D eigenvalue weighted by atomic mass is 10.1. The molecule has 6 heteroatoms. The van der Waals surface area contributed by atoms with Crippen LogP contribution in [0.3, 0.4) is 0 Å². The average molecular weight is 330 g/mol. The van der Waals surface area contributed by atoms with Crippen LogP contribution in [0.15, 0.2) is 30.5 Å². The predicted octanol–water partition coefficient (Wildman–Crippen LogP) is 4.07. The molecule has 0 spiro atoms. The Morgan fingerprint density at radius 3 is 2.71 bits per heavy atom. The molecule has 1 aromatic carbocycles. The number of pyridine rings is 1. The fourth-order valence-corrected chi connectivity index (χ4v) is 2.87. The van der Waals surface area contributed by atoms with Gasteiger partial charge in [0, 0.05) is 35.4 Å². The summed E-state index contributed by atoms with van der Waals surface area (Å²) in [6, 6.07) is 7.08.